The Morgan fingerprint density at radius 1 is 1.05 bits per heavy atom. The molecule has 22 heavy (non-hydrogen) atoms. The number of amides is 1. The summed E-state index contributed by atoms with van der Waals surface area (Å²) < 4.78 is 0. The quantitative estimate of drug-likeness (QED) is 0.902. The van der Waals surface area contributed by atoms with E-state index in [1.54, 1.807) is 12.1 Å². The molecule has 0 spiro atoms. The second-order valence-electron chi connectivity index (χ2n) is 5.49. The fraction of sp³-hybridized carbons (Fsp3) is 0.294. The first-order valence-corrected chi connectivity index (χ1v) is 7.09. The minimum Gasteiger partial charge on any atom is -0.397 e. The fourth-order valence-electron chi connectivity index (χ4n) is 2.06. The first-order valence-electron chi connectivity index (χ1n) is 7.09. The summed E-state index contributed by atoms with van der Waals surface area (Å²) in [4.78, 5) is 16.1. The number of aromatic nitrogens is 1. The maximum Gasteiger partial charge on any atom is 0.270 e. The van der Waals surface area contributed by atoms with Gasteiger partial charge in [0, 0.05) is 0 Å². The number of rotatable bonds is 4. The average molecular weight is 320 g/mol. The summed E-state index contributed by atoms with van der Waals surface area (Å²) in [5, 5.41) is 2.94. The molecule has 1 amide bonds. The lowest BCUT2D eigenvalue weighted by Gasteiger charge is -2.15. The van der Waals surface area contributed by atoms with Gasteiger partial charge in [0.05, 0.1) is 17.9 Å². The highest BCUT2D eigenvalue weighted by Gasteiger charge is 2.12. The van der Waals surface area contributed by atoms with Crippen LogP contribution in [0, 0.1) is 0 Å². The molecule has 0 aliphatic rings. The third-order valence-corrected chi connectivity index (χ3v) is 3.47. The zero-order valence-electron chi connectivity index (χ0n) is 13.0. The van der Waals surface area contributed by atoms with Crippen LogP contribution >= 0.6 is 12.4 Å². The van der Waals surface area contributed by atoms with Gasteiger partial charge in [0.15, 0.2) is 0 Å². The molecule has 1 aromatic heterocycles. The highest BCUT2D eigenvalue weighted by Crippen LogP contribution is 2.18. The predicted octanol–water partition coefficient (Wildman–Crippen LogP) is 3.70. The van der Waals surface area contributed by atoms with E-state index in [1.165, 1.54) is 11.8 Å². The summed E-state index contributed by atoms with van der Waals surface area (Å²) in [5.74, 6) is 0.304. The van der Waals surface area contributed by atoms with Crippen LogP contribution in [-0.4, -0.2) is 10.9 Å². The monoisotopic (exact) mass is 319 g/mol. The Labute approximate surface area is 137 Å². The maximum absolute atomic E-state index is 12.1. The van der Waals surface area contributed by atoms with Gasteiger partial charge < -0.3 is 11.1 Å². The highest BCUT2D eigenvalue weighted by atomic mass is 35.5. The van der Waals surface area contributed by atoms with Gasteiger partial charge in [-0.05, 0) is 36.1 Å². The van der Waals surface area contributed by atoms with Gasteiger partial charge in [-0.25, -0.2) is 4.98 Å². The molecule has 1 aromatic carbocycles. The Bertz CT molecular complexity index is 609. The first kappa shape index (κ1) is 18.0. The van der Waals surface area contributed by atoms with Crippen LogP contribution in [0.25, 0.3) is 0 Å². The van der Waals surface area contributed by atoms with Crippen molar-refractivity contribution >= 4 is 24.0 Å². The average Bonchev–Trinajstić information content (AvgIpc) is 2.47. The van der Waals surface area contributed by atoms with Crippen molar-refractivity contribution in [1.29, 1.82) is 0 Å². The number of hydrogen-bond acceptors (Lipinski definition) is 3. The summed E-state index contributed by atoms with van der Waals surface area (Å²) >= 11 is 0. The van der Waals surface area contributed by atoms with Gasteiger partial charge in [-0.3, -0.25) is 4.79 Å². The van der Waals surface area contributed by atoms with E-state index in [0.29, 0.717) is 17.3 Å². The normalized spacial score (nSPS) is 11.6. The number of carbonyl (C=O) groups excluding carboxylic acids is 1. The second kappa shape index (κ2) is 7.80. The molecule has 5 heteroatoms. The molecule has 0 radical (unpaired) electrons. The topological polar surface area (TPSA) is 68.0 Å². The number of nitrogens with two attached hydrogens (primary N) is 1. The van der Waals surface area contributed by atoms with Crippen LogP contribution in [0.2, 0.25) is 0 Å². The van der Waals surface area contributed by atoms with E-state index in [9.17, 15) is 4.79 Å². The highest BCUT2D eigenvalue weighted by molar-refractivity contribution is 5.92. The third kappa shape index (κ3) is 4.46. The number of nitrogens with one attached hydrogen (secondary N) is 1. The van der Waals surface area contributed by atoms with Crippen molar-refractivity contribution in [2.24, 2.45) is 0 Å². The lowest BCUT2D eigenvalue weighted by molar-refractivity contribution is 0.0935. The number of nitrogens with zero attached hydrogens (tertiary/aromatic N) is 1. The van der Waals surface area contributed by atoms with Crippen LogP contribution < -0.4 is 11.1 Å². The molecule has 0 aliphatic carbocycles. The van der Waals surface area contributed by atoms with Crippen molar-refractivity contribution in [3.63, 3.8) is 0 Å². The fourth-order valence-corrected chi connectivity index (χ4v) is 2.06. The molecule has 118 valence electrons. The van der Waals surface area contributed by atoms with Crippen molar-refractivity contribution in [2.75, 3.05) is 5.73 Å². The van der Waals surface area contributed by atoms with Crippen molar-refractivity contribution in [3.05, 3.63) is 59.4 Å². The number of pyridine rings is 1. The molecule has 0 bridgehead atoms. The number of halogens is 1. The minimum atomic E-state index is -0.199. The van der Waals surface area contributed by atoms with Gasteiger partial charge in [-0.2, -0.15) is 0 Å². The number of carbonyl (C=O) groups is 1. The van der Waals surface area contributed by atoms with Crippen molar-refractivity contribution < 1.29 is 4.79 Å². The zero-order chi connectivity index (χ0) is 15.4. The molecule has 0 fully saturated rings. The van der Waals surface area contributed by atoms with E-state index >= 15 is 0 Å². The Kier molecular flexibility index (Phi) is 6.38. The molecular formula is C17H22ClN3O. The van der Waals surface area contributed by atoms with Crippen LogP contribution in [-0.2, 0) is 0 Å². The van der Waals surface area contributed by atoms with Crippen LogP contribution in [0.15, 0.2) is 42.6 Å². The lowest BCUT2D eigenvalue weighted by Crippen LogP contribution is -2.27. The van der Waals surface area contributed by atoms with Gasteiger partial charge in [-0.15, -0.1) is 12.4 Å². The summed E-state index contributed by atoms with van der Waals surface area (Å²) in [7, 11) is 0. The molecule has 0 saturated carbocycles. The number of nitrogen functional groups attached to an aromatic ring is 1. The minimum absolute atomic E-state index is 0. The Hall–Kier alpha value is -2.07. The van der Waals surface area contributed by atoms with Crippen molar-refractivity contribution in [3.8, 4) is 0 Å². The Morgan fingerprint density at radius 3 is 2.14 bits per heavy atom. The van der Waals surface area contributed by atoms with Crippen molar-refractivity contribution in [1.82, 2.24) is 10.3 Å². The molecule has 1 unspecified atom stereocenters. The molecule has 0 saturated heterocycles. The summed E-state index contributed by atoms with van der Waals surface area (Å²) in [5.41, 5.74) is 8.84. The van der Waals surface area contributed by atoms with Crippen LogP contribution in [0.5, 0.6) is 0 Å². The molecule has 2 rings (SSSR count). The standard InChI is InChI=1S/C17H21N3O.ClH/c1-11(2)13-4-6-14(7-5-13)12(3)20-17(21)16-9-8-15(18)10-19-16;/h4-12H,18H2,1-3H3,(H,20,21);1H. The predicted molar refractivity (Wildman–Crippen MR) is 92.3 cm³/mol. The Balaban J connectivity index is 0.00000242. The Morgan fingerprint density at radius 2 is 1.64 bits per heavy atom. The van der Waals surface area contributed by atoms with E-state index in [4.69, 9.17) is 5.73 Å². The van der Waals surface area contributed by atoms with Crippen LogP contribution in [0.3, 0.4) is 0 Å². The second-order valence-corrected chi connectivity index (χ2v) is 5.49. The van der Waals surface area contributed by atoms with Gasteiger partial charge in [0.25, 0.3) is 5.91 Å². The van der Waals surface area contributed by atoms with Gasteiger partial charge in [0.2, 0.25) is 0 Å². The molecule has 0 aliphatic heterocycles. The molecule has 2 aromatic rings. The zero-order valence-corrected chi connectivity index (χ0v) is 13.9. The van der Waals surface area contributed by atoms with Crippen LogP contribution in [0.4, 0.5) is 5.69 Å². The molecular weight excluding hydrogens is 298 g/mol. The summed E-state index contributed by atoms with van der Waals surface area (Å²) in [6, 6.07) is 11.5. The van der Waals surface area contributed by atoms with Crippen molar-refractivity contribution in [2.45, 2.75) is 32.7 Å². The van der Waals surface area contributed by atoms with Gasteiger partial charge in [0.1, 0.15) is 5.69 Å². The van der Waals surface area contributed by atoms with Gasteiger partial charge >= 0.3 is 0 Å². The smallest absolute Gasteiger partial charge is 0.270 e. The largest absolute Gasteiger partial charge is 0.397 e. The number of benzene rings is 1. The SMILES string of the molecule is CC(C)c1ccc(C(C)NC(=O)c2ccc(N)cn2)cc1.Cl. The third-order valence-electron chi connectivity index (χ3n) is 3.47. The summed E-state index contributed by atoms with van der Waals surface area (Å²) in [6.45, 7) is 6.28. The number of hydrogen-bond donors (Lipinski definition) is 2. The number of anilines is 1. The van der Waals surface area contributed by atoms with E-state index in [-0.39, 0.29) is 24.4 Å². The first-order chi connectivity index (χ1) is 9.97. The van der Waals surface area contributed by atoms with E-state index in [0.717, 1.165) is 5.56 Å². The molecule has 3 N–H and O–H groups in total. The summed E-state index contributed by atoms with van der Waals surface area (Å²) in [6.07, 6.45) is 1.48. The molecule has 4 nitrogen and oxygen atoms in total. The van der Waals surface area contributed by atoms with Crippen LogP contribution in [0.1, 0.15) is 54.3 Å². The van der Waals surface area contributed by atoms with E-state index in [1.807, 2.05) is 6.92 Å². The molecule has 1 heterocycles. The lowest BCUT2D eigenvalue weighted by atomic mass is 9.99. The van der Waals surface area contributed by atoms with E-state index < -0.39 is 0 Å². The molecule has 1 atom stereocenters. The van der Waals surface area contributed by atoms with Gasteiger partial charge in [-0.1, -0.05) is 38.1 Å². The van der Waals surface area contributed by atoms with E-state index in [2.05, 4.69) is 48.4 Å². The maximum atomic E-state index is 12.1.